The maximum atomic E-state index is 14.3. The SMILES string of the molecule is CC.CCNc1cc(-c2ccc(F)cc2-c2nncn2C)cc(N2Cc3c(cc(CCl)cc3C(F)(F)F)C2=O)n1. The van der Waals surface area contributed by atoms with Crippen LogP contribution in [0.4, 0.5) is 29.2 Å². The smallest absolute Gasteiger partial charge is 0.370 e. The topological polar surface area (TPSA) is 75.9 Å². The first-order valence-corrected chi connectivity index (χ1v) is 13.1. The summed E-state index contributed by atoms with van der Waals surface area (Å²) in [6, 6.07) is 9.87. The number of benzene rings is 2. The number of aromatic nitrogens is 4. The van der Waals surface area contributed by atoms with Gasteiger partial charge in [0.05, 0.1) is 12.1 Å². The van der Waals surface area contributed by atoms with Crippen LogP contribution in [-0.4, -0.2) is 32.2 Å². The maximum absolute atomic E-state index is 14.3. The van der Waals surface area contributed by atoms with E-state index in [-0.39, 0.29) is 34.9 Å². The van der Waals surface area contributed by atoms with Crippen molar-refractivity contribution in [3.05, 3.63) is 76.9 Å². The van der Waals surface area contributed by atoms with Crippen LogP contribution in [0.5, 0.6) is 0 Å². The van der Waals surface area contributed by atoms with Gasteiger partial charge in [0.2, 0.25) is 0 Å². The zero-order chi connectivity index (χ0) is 29.2. The number of hydrogen-bond acceptors (Lipinski definition) is 5. The molecule has 7 nitrogen and oxygen atoms in total. The molecule has 2 aromatic heterocycles. The van der Waals surface area contributed by atoms with Gasteiger partial charge in [0.25, 0.3) is 5.91 Å². The van der Waals surface area contributed by atoms with Gasteiger partial charge in [0.15, 0.2) is 5.82 Å². The molecule has 3 heterocycles. The van der Waals surface area contributed by atoms with Crippen LogP contribution in [0.25, 0.3) is 22.5 Å². The molecule has 0 atom stereocenters. The van der Waals surface area contributed by atoms with Gasteiger partial charge in [0, 0.05) is 30.6 Å². The third-order valence-electron chi connectivity index (χ3n) is 6.25. The molecule has 0 saturated heterocycles. The van der Waals surface area contributed by atoms with Gasteiger partial charge in [-0.15, -0.1) is 21.8 Å². The number of nitrogens with zero attached hydrogens (tertiary/aromatic N) is 5. The fourth-order valence-corrected chi connectivity index (χ4v) is 4.70. The number of halogens is 5. The van der Waals surface area contributed by atoms with E-state index >= 15 is 0 Å². The van der Waals surface area contributed by atoms with Crippen molar-refractivity contribution < 1.29 is 22.4 Å². The van der Waals surface area contributed by atoms with E-state index in [0.717, 1.165) is 6.07 Å². The van der Waals surface area contributed by atoms with Gasteiger partial charge in [-0.1, -0.05) is 19.9 Å². The van der Waals surface area contributed by atoms with Crippen LogP contribution in [0, 0.1) is 5.82 Å². The summed E-state index contributed by atoms with van der Waals surface area (Å²) < 4.78 is 57.5. The molecule has 0 fully saturated rings. The van der Waals surface area contributed by atoms with Crippen molar-refractivity contribution in [2.45, 2.75) is 39.4 Å². The Hall–Kier alpha value is -3.99. The fourth-order valence-electron chi connectivity index (χ4n) is 4.55. The summed E-state index contributed by atoms with van der Waals surface area (Å²) in [5.41, 5.74) is 0.700. The Bertz CT molecular complexity index is 1550. The van der Waals surface area contributed by atoms with Crippen LogP contribution in [0.2, 0.25) is 0 Å². The van der Waals surface area contributed by atoms with Gasteiger partial charge in [-0.3, -0.25) is 9.69 Å². The van der Waals surface area contributed by atoms with Crippen molar-refractivity contribution in [1.82, 2.24) is 19.7 Å². The zero-order valence-electron chi connectivity index (χ0n) is 22.3. The van der Waals surface area contributed by atoms with Crippen molar-refractivity contribution in [2.24, 2.45) is 7.05 Å². The largest absolute Gasteiger partial charge is 0.416 e. The van der Waals surface area contributed by atoms with Crippen molar-refractivity contribution in [3.63, 3.8) is 0 Å². The van der Waals surface area contributed by atoms with Gasteiger partial charge in [-0.2, -0.15) is 13.2 Å². The van der Waals surface area contributed by atoms with E-state index in [0.29, 0.717) is 34.9 Å². The molecule has 0 spiro atoms. The number of fused-ring (bicyclic) bond motifs is 1. The molecule has 4 aromatic rings. The summed E-state index contributed by atoms with van der Waals surface area (Å²) in [6.45, 7) is 6.05. The first-order chi connectivity index (χ1) is 19.1. The van der Waals surface area contributed by atoms with E-state index in [4.69, 9.17) is 11.6 Å². The lowest BCUT2D eigenvalue weighted by Crippen LogP contribution is -2.24. The molecule has 0 aliphatic carbocycles. The average Bonchev–Trinajstić information content (AvgIpc) is 3.51. The molecule has 0 bridgehead atoms. The van der Waals surface area contributed by atoms with Crippen LogP contribution in [0.3, 0.4) is 0 Å². The van der Waals surface area contributed by atoms with Crippen LogP contribution in [-0.2, 0) is 25.6 Å². The van der Waals surface area contributed by atoms with E-state index < -0.39 is 23.5 Å². The molecule has 2 aromatic carbocycles. The first kappa shape index (κ1) is 29.0. The van der Waals surface area contributed by atoms with E-state index in [2.05, 4.69) is 20.5 Å². The Morgan fingerprint density at radius 2 is 1.80 bits per heavy atom. The summed E-state index contributed by atoms with van der Waals surface area (Å²) in [6.07, 6.45) is -3.18. The monoisotopic (exact) mass is 574 g/mol. The lowest BCUT2D eigenvalue weighted by atomic mass is 9.99. The molecule has 5 rings (SSSR count). The average molecular weight is 575 g/mol. The molecule has 0 saturated carbocycles. The molecule has 1 aliphatic rings. The molecule has 1 amide bonds. The van der Waals surface area contributed by atoms with E-state index in [9.17, 15) is 22.4 Å². The quantitative estimate of drug-likeness (QED) is 0.197. The molecule has 0 radical (unpaired) electrons. The van der Waals surface area contributed by atoms with Gasteiger partial charge < -0.3 is 9.88 Å². The molecule has 210 valence electrons. The third kappa shape index (κ3) is 5.51. The first-order valence-electron chi connectivity index (χ1n) is 12.6. The second-order valence-corrected chi connectivity index (χ2v) is 9.04. The van der Waals surface area contributed by atoms with Gasteiger partial charge in [0.1, 0.15) is 23.8 Å². The molecular formula is C28H27ClF4N6O. The molecule has 0 unspecified atom stereocenters. The Morgan fingerprint density at radius 3 is 2.42 bits per heavy atom. The van der Waals surface area contributed by atoms with Crippen molar-refractivity contribution in [2.75, 3.05) is 16.8 Å². The zero-order valence-corrected chi connectivity index (χ0v) is 23.0. The number of alkyl halides is 4. The number of carbonyl (C=O) groups excluding carboxylic acids is 1. The lowest BCUT2D eigenvalue weighted by Gasteiger charge is -2.19. The highest BCUT2D eigenvalue weighted by Gasteiger charge is 2.41. The van der Waals surface area contributed by atoms with E-state index in [1.165, 1.54) is 29.4 Å². The second kappa shape index (κ2) is 11.6. The number of aryl methyl sites for hydroxylation is 1. The predicted octanol–water partition coefficient (Wildman–Crippen LogP) is 7.06. The normalized spacial score (nSPS) is 12.7. The molecule has 12 heteroatoms. The number of anilines is 2. The minimum Gasteiger partial charge on any atom is -0.370 e. The number of nitrogens with one attached hydrogen (secondary N) is 1. The highest BCUT2D eigenvalue weighted by Crippen LogP contribution is 2.41. The Morgan fingerprint density at radius 1 is 1.05 bits per heavy atom. The molecule has 1 N–H and O–H groups in total. The van der Waals surface area contributed by atoms with Crippen molar-refractivity contribution in [3.8, 4) is 22.5 Å². The van der Waals surface area contributed by atoms with E-state index in [1.807, 2.05) is 20.8 Å². The van der Waals surface area contributed by atoms with Gasteiger partial charge in [-0.25, -0.2) is 9.37 Å². The standard InChI is InChI=1S/C26H21ClF4N6O.C2H6/c1-3-32-22-8-15(17-5-4-16(28)10-18(17)24-35-33-13-36(24)2)9-23(34-22)37-12-20-19(25(37)38)6-14(11-27)7-21(20)26(29,30)31;1-2/h4-10,13H,3,11-12H2,1-2H3,(H,32,34);1-2H3. The minimum atomic E-state index is -4.66. The highest BCUT2D eigenvalue weighted by molar-refractivity contribution is 6.17. The van der Waals surface area contributed by atoms with Crippen LogP contribution in [0.15, 0.2) is 48.8 Å². The fraction of sp³-hybridized carbons (Fsp3) is 0.286. The van der Waals surface area contributed by atoms with Crippen LogP contribution < -0.4 is 10.2 Å². The van der Waals surface area contributed by atoms with Gasteiger partial charge >= 0.3 is 6.18 Å². The predicted molar refractivity (Wildman–Crippen MR) is 147 cm³/mol. The van der Waals surface area contributed by atoms with Crippen molar-refractivity contribution in [1.29, 1.82) is 0 Å². The van der Waals surface area contributed by atoms with Gasteiger partial charge in [-0.05, 0) is 65.6 Å². The summed E-state index contributed by atoms with van der Waals surface area (Å²) in [5.74, 6) is -0.305. The summed E-state index contributed by atoms with van der Waals surface area (Å²) in [4.78, 5) is 19.1. The molecular weight excluding hydrogens is 548 g/mol. The van der Waals surface area contributed by atoms with Crippen LogP contribution in [0.1, 0.15) is 47.8 Å². The molecule has 40 heavy (non-hydrogen) atoms. The van der Waals surface area contributed by atoms with Crippen LogP contribution >= 0.6 is 11.6 Å². The lowest BCUT2D eigenvalue weighted by molar-refractivity contribution is -0.138. The summed E-state index contributed by atoms with van der Waals surface area (Å²) >= 11 is 5.82. The molecule has 1 aliphatic heterocycles. The second-order valence-electron chi connectivity index (χ2n) is 8.78. The Kier molecular flexibility index (Phi) is 8.43. The summed E-state index contributed by atoms with van der Waals surface area (Å²) in [7, 11) is 1.72. The van der Waals surface area contributed by atoms with Crippen molar-refractivity contribution >= 4 is 29.1 Å². The Balaban J connectivity index is 0.00000181. The number of rotatable bonds is 6. The highest BCUT2D eigenvalue weighted by atomic mass is 35.5. The number of carbonyl (C=O) groups is 1. The Labute approximate surface area is 233 Å². The summed E-state index contributed by atoms with van der Waals surface area (Å²) in [5, 5.41) is 11.1. The number of amides is 1. The van der Waals surface area contributed by atoms with E-state index in [1.54, 1.807) is 29.8 Å². The number of pyridine rings is 1. The maximum Gasteiger partial charge on any atom is 0.416 e. The minimum absolute atomic E-state index is 0.0609. The third-order valence-corrected chi connectivity index (χ3v) is 6.56. The number of hydrogen-bond donors (Lipinski definition) is 1.